The summed E-state index contributed by atoms with van der Waals surface area (Å²) in [6.45, 7) is 10.1. The molecule has 0 aromatic heterocycles. The van der Waals surface area contributed by atoms with Crippen LogP contribution in [-0.2, 0) is 41.2 Å². The van der Waals surface area contributed by atoms with Gasteiger partial charge in [0.1, 0.15) is 20.2 Å². The van der Waals surface area contributed by atoms with Crippen molar-refractivity contribution in [1.82, 2.24) is 0 Å². The van der Waals surface area contributed by atoms with E-state index < -0.39 is 52.7 Å². The van der Waals surface area contributed by atoms with Gasteiger partial charge in [0.15, 0.2) is 12.3 Å². The molecule has 54 heavy (non-hydrogen) atoms. The van der Waals surface area contributed by atoms with Crippen molar-refractivity contribution in [2.24, 2.45) is 0 Å². The van der Waals surface area contributed by atoms with E-state index in [2.05, 4.69) is 26.0 Å². The summed E-state index contributed by atoms with van der Waals surface area (Å²) in [5.41, 5.74) is 4.94. The van der Waals surface area contributed by atoms with Crippen LogP contribution in [0.25, 0.3) is 21.5 Å². The number of fused-ring (bicyclic) bond motifs is 6. The summed E-state index contributed by atoms with van der Waals surface area (Å²) in [4.78, 5) is 1.46. The van der Waals surface area contributed by atoms with E-state index in [1.165, 1.54) is 12.1 Å². The molecule has 0 atom stereocenters. The lowest BCUT2D eigenvalue weighted by molar-refractivity contribution is -0.432. The van der Waals surface area contributed by atoms with Crippen LogP contribution in [0.3, 0.4) is 0 Å². The summed E-state index contributed by atoms with van der Waals surface area (Å²) in [6, 6.07) is 17.8. The van der Waals surface area contributed by atoms with Crippen molar-refractivity contribution in [2.45, 2.75) is 50.3 Å². The van der Waals surface area contributed by atoms with Gasteiger partial charge in [0, 0.05) is 41.1 Å². The van der Waals surface area contributed by atoms with E-state index in [-0.39, 0.29) is 18.0 Å². The Morgan fingerprint density at radius 1 is 0.741 bits per heavy atom. The average Bonchev–Trinajstić information content (AvgIpc) is 3.42. The molecule has 0 fully saturated rings. The number of hydrogen-bond donors (Lipinski definition) is 1. The Morgan fingerprint density at radius 3 is 2.06 bits per heavy atom. The van der Waals surface area contributed by atoms with E-state index in [4.69, 9.17) is 0 Å². The van der Waals surface area contributed by atoms with Crippen molar-refractivity contribution in [3.8, 4) is 0 Å². The molecule has 2 heterocycles. The molecule has 0 unspecified atom stereocenters. The normalized spacial score (nSPS) is 18.0. The predicted molar refractivity (Wildman–Crippen MR) is 210 cm³/mol. The fourth-order valence-corrected chi connectivity index (χ4v) is 9.14. The zero-order valence-corrected chi connectivity index (χ0v) is 32.9. The molecular formula is C40H41N2O9S3-. The minimum absolute atomic E-state index is 0.0109. The van der Waals surface area contributed by atoms with Crippen molar-refractivity contribution >= 4 is 69.0 Å². The third-order valence-corrected chi connectivity index (χ3v) is 12.4. The van der Waals surface area contributed by atoms with Crippen LogP contribution in [0, 0.1) is 6.92 Å². The van der Waals surface area contributed by atoms with Crippen LogP contribution in [0.5, 0.6) is 0 Å². The smallest absolute Gasteiger partial charge is 0.266 e. The molecule has 0 aliphatic carbocycles. The first-order chi connectivity index (χ1) is 25.1. The van der Waals surface area contributed by atoms with Crippen LogP contribution in [0.1, 0.15) is 44.4 Å². The quantitative estimate of drug-likeness (QED) is 0.102. The van der Waals surface area contributed by atoms with Gasteiger partial charge in [0.05, 0.1) is 21.8 Å². The van der Waals surface area contributed by atoms with Crippen LogP contribution in [-0.4, -0.2) is 73.8 Å². The molecule has 2 aliphatic heterocycles. The Bertz CT molecular complexity index is 2710. The Morgan fingerprint density at radius 2 is 1.37 bits per heavy atom. The van der Waals surface area contributed by atoms with Gasteiger partial charge in [0.25, 0.3) is 10.1 Å². The standard InChI is InChI=1S/C40H42N2O9S3/c1-27-13-17-31-28(25-27)14-19-33-37(31)39(2,3)35(41(33)21-23-52(43,44)45)11-9-7-6-8-10-12-36-40(4,5)38-32-18-16-30(54(49,50)51)26-29(32)15-20-34(38)42(36)22-24-53(46,47)48/h6-20,25-26H,21-24H2,1-5H3,(H2-,43,44,45,46,47,48,49,50,51)/p-1. The number of allylic oxidation sites excluding steroid dienone is 8. The van der Waals surface area contributed by atoms with Crippen LogP contribution >= 0.6 is 0 Å². The Kier molecular flexibility index (Phi) is 10.2. The fraction of sp³-hybridized carbons (Fsp3) is 0.275. The summed E-state index contributed by atoms with van der Waals surface area (Å²) in [5.74, 6) is -1.06. The van der Waals surface area contributed by atoms with E-state index in [0.717, 1.165) is 44.6 Å². The SMILES string of the molecule is Cc1ccc2c3c(ccc2c1)[N+](CCS(=O)(=O)[O-])=C(/C=C/C=C/C=C/C=C1/N(CCS(=O)(=O)O)c2ccc4cc(S(=O)(=O)[O-])ccc4c2C1(C)C)C3(C)C. The zero-order chi connectivity index (χ0) is 39.4. The van der Waals surface area contributed by atoms with Gasteiger partial charge in [-0.25, -0.2) is 16.8 Å². The van der Waals surface area contributed by atoms with Gasteiger partial charge in [-0.15, -0.1) is 0 Å². The number of benzene rings is 4. The minimum atomic E-state index is -4.67. The molecule has 2 aliphatic rings. The minimum Gasteiger partial charge on any atom is -0.748 e. The zero-order valence-electron chi connectivity index (χ0n) is 30.5. The fourth-order valence-electron chi connectivity index (χ4n) is 7.82. The van der Waals surface area contributed by atoms with Crippen molar-refractivity contribution in [3.63, 3.8) is 0 Å². The monoisotopic (exact) mass is 789 g/mol. The average molecular weight is 790 g/mol. The first kappa shape index (κ1) is 39.3. The number of hydrogen-bond acceptors (Lipinski definition) is 9. The maximum atomic E-state index is 11.8. The number of anilines is 1. The number of aryl methyl sites for hydroxylation is 1. The van der Waals surface area contributed by atoms with Gasteiger partial charge in [-0.05, 0) is 78.2 Å². The van der Waals surface area contributed by atoms with Crippen molar-refractivity contribution in [1.29, 1.82) is 0 Å². The molecule has 0 radical (unpaired) electrons. The molecule has 11 nitrogen and oxygen atoms in total. The molecule has 6 rings (SSSR count). The van der Waals surface area contributed by atoms with E-state index in [1.54, 1.807) is 30.4 Å². The topological polar surface area (TPSA) is 175 Å². The molecule has 284 valence electrons. The second kappa shape index (κ2) is 14.0. The third-order valence-electron chi connectivity index (χ3n) is 10.2. The van der Waals surface area contributed by atoms with Crippen LogP contribution in [0.2, 0.25) is 0 Å². The summed E-state index contributed by atoms with van der Waals surface area (Å²) in [5, 5.41) is 3.38. The van der Waals surface area contributed by atoms with Crippen molar-refractivity contribution in [2.75, 3.05) is 29.5 Å². The molecule has 0 saturated carbocycles. The van der Waals surface area contributed by atoms with E-state index >= 15 is 0 Å². The molecule has 14 heteroatoms. The van der Waals surface area contributed by atoms with E-state index in [0.29, 0.717) is 16.5 Å². The lowest BCUT2D eigenvalue weighted by Crippen LogP contribution is -2.30. The second-order valence-corrected chi connectivity index (χ2v) is 19.1. The molecular weight excluding hydrogens is 749 g/mol. The van der Waals surface area contributed by atoms with Gasteiger partial charge >= 0.3 is 0 Å². The first-order valence-corrected chi connectivity index (χ1v) is 21.8. The third kappa shape index (κ3) is 7.72. The Labute approximate surface area is 316 Å². The highest BCUT2D eigenvalue weighted by Gasteiger charge is 2.45. The van der Waals surface area contributed by atoms with Gasteiger partial charge in [-0.3, -0.25) is 4.55 Å². The lowest BCUT2D eigenvalue weighted by Gasteiger charge is -2.26. The summed E-state index contributed by atoms with van der Waals surface area (Å²) in [6.07, 6.45) is 12.9. The molecule has 0 amide bonds. The second-order valence-electron chi connectivity index (χ2n) is 14.6. The maximum absolute atomic E-state index is 11.8. The summed E-state index contributed by atoms with van der Waals surface area (Å²) >= 11 is 0. The molecule has 1 N–H and O–H groups in total. The van der Waals surface area contributed by atoms with Crippen molar-refractivity contribution < 1.29 is 43.5 Å². The summed E-state index contributed by atoms with van der Waals surface area (Å²) < 4.78 is 105. The Hall–Kier alpha value is -4.44. The molecule has 0 bridgehead atoms. The Balaban J connectivity index is 1.31. The highest BCUT2D eigenvalue weighted by Crippen LogP contribution is 2.51. The molecule has 4 aromatic rings. The lowest BCUT2D eigenvalue weighted by atomic mass is 9.79. The predicted octanol–water partition coefficient (Wildman–Crippen LogP) is 6.37. The van der Waals surface area contributed by atoms with Gasteiger partial charge in [-0.2, -0.15) is 13.0 Å². The highest BCUT2D eigenvalue weighted by atomic mass is 32.2. The number of nitrogens with zero attached hydrogens (tertiary/aromatic N) is 2. The van der Waals surface area contributed by atoms with Crippen LogP contribution in [0.15, 0.2) is 114 Å². The van der Waals surface area contributed by atoms with Gasteiger partial charge in [-0.1, -0.05) is 80.1 Å². The van der Waals surface area contributed by atoms with Crippen molar-refractivity contribution in [3.05, 3.63) is 126 Å². The maximum Gasteiger partial charge on any atom is 0.266 e. The van der Waals surface area contributed by atoms with Gasteiger partial charge in [0.2, 0.25) is 5.69 Å². The van der Waals surface area contributed by atoms with Crippen LogP contribution < -0.4 is 4.90 Å². The van der Waals surface area contributed by atoms with E-state index in [1.807, 2.05) is 78.8 Å². The number of rotatable bonds is 11. The highest BCUT2D eigenvalue weighted by molar-refractivity contribution is 7.86. The molecule has 4 aromatic carbocycles. The molecule has 0 spiro atoms. The van der Waals surface area contributed by atoms with Gasteiger partial charge < -0.3 is 14.0 Å². The largest absolute Gasteiger partial charge is 0.748 e. The first-order valence-electron chi connectivity index (χ1n) is 17.2. The molecule has 0 saturated heterocycles. The van der Waals surface area contributed by atoms with Crippen LogP contribution in [0.4, 0.5) is 11.4 Å². The summed E-state index contributed by atoms with van der Waals surface area (Å²) in [7, 11) is -13.4. The van der Waals surface area contributed by atoms with E-state index in [9.17, 15) is 38.9 Å².